The Morgan fingerprint density at radius 1 is 1.10 bits per heavy atom. The number of hydrogen-bond acceptors (Lipinski definition) is 4. The fourth-order valence-electron chi connectivity index (χ4n) is 1.95. The molecule has 6 heteroatoms. The molecule has 0 fully saturated rings. The van der Waals surface area contributed by atoms with E-state index >= 15 is 0 Å². The van der Waals surface area contributed by atoms with E-state index in [1.807, 2.05) is 0 Å². The molecular formula is C15H14O5S. The van der Waals surface area contributed by atoms with Crippen LogP contribution < -0.4 is 4.74 Å². The summed E-state index contributed by atoms with van der Waals surface area (Å²) in [7, 11) is -1.91. The molecule has 0 bridgehead atoms. The Morgan fingerprint density at radius 2 is 1.71 bits per heavy atom. The second-order valence-electron chi connectivity index (χ2n) is 4.51. The van der Waals surface area contributed by atoms with E-state index in [1.54, 1.807) is 31.4 Å². The summed E-state index contributed by atoms with van der Waals surface area (Å²) in [5.74, 6) is -0.519. The molecule has 0 aliphatic carbocycles. The van der Waals surface area contributed by atoms with Gasteiger partial charge in [0.15, 0.2) is 9.84 Å². The first-order valence-corrected chi connectivity index (χ1v) is 7.94. The molecule has 0 unspecified atom stereocenters. The van der Waals surface area contributed by atoms with Crippen LogP contribution in [0.25, 0.3) is 11.1 Å². The summed E-state index contributed by atoms with van der Waals surface area (Å²) in [5.41, 5.74) is 1.08. The first kappa shape index (κ1) is 15.1. The molecule has 2 aromatic rings. The molecule has 0 amide bonds. The fraction of sp³-hybridized carbons (Fsp3) is 0.133. The smallest absolute Gasteiger partial charge is 0.336 e. The highest BCUT2D eigenvalue weighted by atomic mass is 32.2. The highest BCUT2D eigenvalue weighted by Gasteiger charge is 2.16. The van der Waals surface area contributed by atoms with Gasteiger partial charge in [0.05, 0.1) is 17.6 Å². The van der Waals surface area contributed by atoms with Gasteiger partial charge in [0.1, 0.15) is 5.75 Å². The third-order valence-electron chi connectivity index (χ3n) is 3.05. The molecule has 0 radical (unpaired) electrons. The van der Waals surface area contributed by atoms with Crippen molar-refractivity contribution in [1.82, 2.24) is 0 Å². The molecule has 0 atom stereocenters. The van der Waals surface area contributed by atoms with Crippen molar-refractivity contribution in [2.75, 3.05) is 13.4 Å². The first-order chi connectivity index (χ1) is 9.82. The van der Waals surface area contributed by atoms with Crippen molar-refractivity contribution < 1.29 is 23.1 Å². The van der Waals surface area contributed by atoms with Crippen molar-refractivity contribution in [2.45, 2.75) is 4.90 Å². The molecule has 0 aliphatic heterocycles. The van der Waals surface area contributed by atoms with Gasteiger partial charge < -0.3 is 9.84 Å². The topological polar surface area (TPSA) is 80.7 Å². The van der Waals surface area contributed by atoms with Crippen molar-refractivity contribution >= 4 is 15.8 Å². The zero-order chi connectivity index (χ0) is 15.6. The molecule has 0 aliphatic rings. The molecule has 0 spiro atoms. The Kier molecular flexibility index (Phi) is 3.99. The Bertz CT molecular complexity index is 776. The van der Waals surface area contributed by atoms with Crippen LogP contribution in [0.1, 0.15) is 10.4 Å². The van der Waals surface area contributed by atoms with Gasteiger partial charge in [-0.05, 0) is 35.4 Å². The van der Waals surface area contributed by atoms with Gasteiger partial charge in [-0.25, -0.2) is 13.2 Å². The van der Waals surface area contributed by atoms with Gasteiger partial charge >= 0.3 is 5.97 Å². The molecule has 2 aromatic carbocycles. The highest BCUT2D eigenvalue weighted by molar-refractivity contribution is 7.90. The molecule has 0 aromatic heterocycles. The Morgan fingerprint density at radius 3 is 2.19 bits per heavy atom. The van der Waals surface area contributed by atoms with Crippen molar-refractivity contribution in [2.24, 2.45) is 0 Å². The number of aromatic carboxylic acids is 1. The Hall–Kier alpha value is -2.34. The maximum Gasteiger partial charge on any atom is 0.336 e. The maximum atomic E-state index is 11.5. The van der Waals surface area contributed by atoms with Crippen LogP contribution in [-0.2, 0) is 9.84 Å². The number of rotatable bonds is 4. The number of hydrogen-bond donors (Lipinski definition) is 1. The number of methoxy groups -OCH3 is 1. The molecule has 0 saturated carbocycles. The van der Waals surface area contributed by atoms with Crippen LogP contribution in [0.5, 0.6) is 5.75 Å². The van der Waals surface area contributed by atoms with Gasteiger partial charge in [-0.15, -0.1) is 0 Å². The van der Waals surface area contributed by atoms with Gasteiger partial charge in [-0.2, -0.15) is 0 Å². The molecule has 5 nitrogen and oxygen atoms in total. The van der Waals surface area contributed by atoms with Crippen molar-refractivity contribution in [1.29, 1.82) is 0 Å². The summed E-state index contributed by atoms with van der Waals surface area (Å²) < 4.78 is 28.1. The van der Waals surface area contributed by atoms with E-state index in [0.29, 0.717) is 16.9 Å². The van der Waals surface area contributed by atoms with E-state index in [9.17, 15) is 18.3 Å². The van der Waals surface area contributed by atoms with E-state index in [0.717, 1.165) is 6.26 Å². The van der Waals surface area contributed by atoms with Crippen LogP contribution in [0.4, 0.5) is 0 Å². The lowest BCUT2D eigenvalue weighted by Crippen LogP contribution is -2.04. The van der Waals surface area contributed by atoms with Crippen LogP contribution in [0, 0.1) is 0 Å². The summed E-state index contributed by atoms with van der Waals surface area (Å²) in [6.07, 6.45) is 1.04. The van der Waals surface area contributed by atoms with Gasteiger partial charge in [0, 0.05) is 6.26 Å². The van der Waals surface area contributed by atoms with Gasteiger partial charge in [-0.3, -0.25) is 0 Å². The molecule has 2 rings (SSSR count). The van der Waals surface area contributed by atoms with Crippen LogP contribution in [0.2, 0.25) is 0 Å². The van der Waals surface area contributed by atoms with Crippen LogP contribution in [0.15, 0.2) is 47.4 Å². The SMILES string of the molecule is COc1ccc(-c2ccc(S(C)(=O)=O)cc2C(=O)O)cc1. The first-order valence-electron chi connectivity index (χ1n) is 6.05. The Labute approximate surface area is 122 Å². The third kappa shape index (κ3) is 3.22. The number of carboxylic acids is 1. The van der Waals surface area contributed by atoms with Crippen molar-refractivity contribution in [3.8, 4) is 16.9 Å². The minimum atomic E-state index is -3.45. The quantitative estimate of drug-likeness (QED) is 0.938. The zero-order valence-corrected chi connectivity index (χ0v) is 12.3. The van der Waals surface area contributed by atoms with Crippen molar-refractivity contribution in [3.05, 3.63) is 48.0 Å². The molecular weight excluding hydrogens is 292 g/mol. The highest BCUT2D eigenvalue weighted by Crippen LogP contribution is 2.28. The second kappa shape index (κ2) is 5.57. The van der Waals surface area contributed by atoms with E-state index in [4.69, 9.17) is 4.74 Å². The normalized spacial score (nSPS) is 11.1. The van der Waals surface area contributed by atoms with Crippen LogP contribution in [0.3, 0.4) is 0 Å². The predicted molar refractivity (Wildman–Crippen MR) is 78.5 cm³/mol. The lowest BCUT2D eigenvalue weighted by atomic mass is 10.00. The summed E-state index contributed by atoms with van der Waals surface area (Å²) in [5, 5.41) is 9.30. The zero-order valence-electron chi connectivity index (χ0n) is 11.5. The average Bonchev–Trinajstić information content (AvgIpc) is 2.45. The van der Waals surface area contributed by atoms with Gasteiger partial charge in [-0.1, -0.05) is 18.2 Å². The number of benzene rings is 2. The lowest BCUT2D eigenvalue weighted by Gasteiger charge is -2.09. The van der Waals surface area contributed by atoms with Crippen molar-refractivity contribution in [3.63, 3.8) is 0 Å². The molecule has 110 valence electrons. The van der Waals surface area contributed by atoms with Crippen LogP contribution >= 0.6 is 0 Å². The minimum absolute atomic E-state index is 0.0165. The van der Waals surface area contributed by atoms with E-state index < -0.39 is 15.8 Å². The summed E-state index contributed by atoms with van der Waals surface area (Å²) in [6, 6.07) is 11.0. The number of carbonyl (C=O) groups is 1. The summed E-state index contributed by atoms with van der Waals surface area (Å²) in [6.45, 7) is 0. The third-order valence-corrected chi connectivity index (χ3v) is 4.16. The molecule has 0 heterocycles. The summed E-state index contributed by atoms with van der Waals surface area (Å²) >= 11 is 0. The average molecular weight is 306 g/mol. The number of carboxylic acid groups (broad SMARTS) is 1. The standard InChI is InChI=1S/C15H14O5S/c1-20-11-5-3-10(4-6-11)13-8-7-12(21(2,18)19)9-14(13)15(16)17/h3-9H,1-2H3,(H,16,17). The lowest BCUT2D eigenvalue weighted by molar-refractivity contribution is 0.0697. The Balaban J connectivity index is 2.60. The van der Waals surface area contributed by atoms with E-state index in [2.05, 4.69) is 0 Å². The number of ether oxygens (including phenoxy) is 1. The molecule has 0 saturated heterocycles. The summed E-state index contributed by atoms with van der Waals surface area (Å²) in [4.78, 5) is 11.4. The van der Waals surface area contributed by atoms with Gasteiger partial charge in [0.2, 0.25) is 0 Å². The van der Waals surface area contributed by atoms with Gasteiger partial charge in [0.25, 0.3) is 0 Å². The maximum absolute atomic E-state index is 11.5. The minimum Gasteiger partial charge on any atom is -0.497 e. The monoisotopic (exact) mass is 306 g/mol. The largest absolute Gasteiger partial charge is 0.497 e. The fourth-order valence-corrected chi connectivity index (χ4v) is 2.60. The number of sulfone groups is 1. The van der Waals surface area contributed by atoms with E-state index in [1.165, 1.54) is 18.2 Å². The molecule has 1 N–H and O–H groups in total. The van der Waals surface area contributed by atoms with Crippen LogP contribution in [-0.4, -0.2) is 32.9 Å². The van der Waals surface area contributed by atoms with E-state index in [-0.39, 0.29) is 10.5 Å². The molecule has 21 heavy (non-hydrogen) atoms. The predicted octanol–water partition coefficient (Wildman–Crippen LogP) is 2.46. The second-order valence-corrected chi connectivity index (χ2v) is 6.53.